The fraction of sp³-hybridized carbons (Fsp3) is 0.188. The Hall–Kier alpha value is -1.17. The molecule has 0 aliphatic carbocycles. The van der Waals surface area contributed by atoms with Gasteiger partial charge < -0.3 is 10.6 Å². The maximum Gasteiger partial charge on any atom is 0.241 e. The van der Waals surface area contributed by atoms with Gasteiger partial charge in [-0.05, 0) is 51.7 Å². The van der Waals surface area contributed by atoms with Gasteiger partial charge in [0.15, 0.2) is 0 Å². The Morgan fingerprint density at radius 2 is 1.90 bits per heavy atom. The number of benzene rings is 2. The summed E-state index contributed by atoms with van der Waals surface area (Å²) in [4.78, 5) is 12.4. The van der Waals surface area contributed by atoms with E-state index in [0.29, 0.717) is 6.42 Å². The van der Waals surface area contributed by atoms with Crippen LogP contribution in [0.1, 0.15) is 11.1 Å². The van der Waals surface area contributed by atoms with Crippen molar-refractivity contribution < 1.29 is 4.79 Å². The Bertz CT molecular complexity index is 688. The molecule has 0 aromatic heterocycles. The van der Waals surface area contributed by atoms with Crippen LogP contribution in [0.15, 0.2) is 51.4 Å². The smallest absolute Gasteiger partial charge is 0.241 e. The molecule has 0 fully saturated rings. The SMILES string of the molecule is O=C(Nc1cc(Br)ccc1Br)C1Cc2ccccc2CN1. The van der Waals surface area contributed by atoms with E-state index in [0.717, 1.165) is 21.2 Å². The topological polar surface area (TPSA) is 41.1 Å². The third-order valence-electron chi connectivity index (χ3n) is 3.58. The van der Waals surface area contributed by atoms with E-state index in [2.05, 4.69) is 54.6 Å². The minimum Gasteiger partial charge on any atom is -0.324 e. The second-order valence-corrected chi connectivity index (χ2v) is 6.79. The fourth-order valence-corrected chi connectivity index (χ4v) is 3.16. The molecule has 2 aromatic carbocycles. The van der Waals surface area contributed by atoms with Crippen LogP contribution in [0.2, 0.25) is 0 Å². The lowest BCUT2D eigenvalue weighted by Gasteiger charge is -2.25. The van der Waals surface area contributed by atoms with Crippen LogP contribution in [0.5, 0.6) is 0 Å². The summed E-state index contributed by atoms with van der Waals surface area (Å²) in [7, 11) is 0. The highest BCUT2D eigenvalue weighted by Crippen LogP contribution is 2.26. The van der Waals surface area contributed by atoms with Gasteiger partial charge >= 0.3 is 0 Å². The molecule has 0 spiro atoms. The zero-order valence-corrected chi connectivity index (χ0v) is 14.4. The number of fused-ring (bicyclic) bond motifs is 1. The molecule has 5 heteroatoms. The molecule has 1 aliphatic rings. The molecule has 1 atom stereocenters. The third-order valence-corrected chi connectivity index (χ3v) is 4.77. The van der Waals surface area contributed by atoms with Gasteiger partial charge in [0.05, 0.1) is 11.7 Å². The van der Waals surface area contributed by atoms with Crippen molar-refractivity contribution in [2.24, 2.45) is 0 Å². The molecule has 3 nitrogen and oxygen atoms in total. The first-order valence-corrected chi connectivity index (χ1v) is 8.28. The second kappa shape index (κ2) is 6.30. The molecule has 0 radical (unpaired) electrons. The van der Waals surface area contributed by atoms with E-state index in [1.165, 1.54) is 11.1 Å². The van der Waals surface area contributed by atoms with Crippen LogP contribution in [0.25, 0.3) is 0 Å². The molecule has 21 heavy (non-hydrogen) atoms. The zero-order valence-electron chi connectivity index (χ0n) is 11.2. The summed E-state index contributed by atoms with van der Waals surface area (Å²) in [6.07, 6.45) is 0.716. The summed E-state index contributed by atoms with van der Waals surface area (Å²) in [5, 5.41) is 6.26. The molecule has 1 unspecified atom stereocenters. The van der Waals surface area contributed by atoms with Crippen LogP contribution in [-0.4, -0.2) is 11.9 Å². The Kier molecular flexibility index (Phi) is 4.42. The van der Waals surface area contributed by atoms with E-state index in [9.17, 15) is 4.79 Å². The highest BCUT2D eigenvalue weighted by molar-refractivity contribution is 9.11. The van der Waals surface area contributed by atoms with Crippen LogP contribution in [0.4, 0.5) is 5.69 Å². The highest BCUT2D eigenvalue weighted by Gasteiger charge is 2.24. The van der Waals surface area contributed by atoms with Gasteiger partial charge in [0.1, 0.15) is 0 Å². The van der Waals surface area contributed by atoms with Gasteiger partial charge in [-0.2, -0.15) is 0 Å². The minimum absolute atomic E-state index is 0.0108. The first-order chi connectivity index (χ1) is 10.1. The summed E-state index contributed by atoms with van der Waals surface area (Å²) in [5.41, 5.74) is 3.28. The minimum atomic E-state index is -0.203. The lowest BCUT2D eigenvalue weighted by atomic mass is 9.95. The first-order valence-electron chi connectivity index (χ1n) is 6.69. The van der Waals surface area contributed by atoms with Crippen LogP contribution in [-0.2, 0) is 17.8 Å². The number of anilines is 1. The van der Waals surface area contributed by atoms with Crippen molar-refractivity contribution in [2.75, 3.05) is 5.32 Å². The average Bonchev–Trinajstić information content (AvgIpc) is 2.50. The van der Waals surface area contributed by atoms with Crippen LogP contribution in [0.3, 0.4) is 0 Å². The van der Waals surface area contributed by atoms with Crippen LogP contribution >= 0.6 is 31.9 Å². The largest absolute Gasteiger partial charge is 0.324 e. The number of amides is 1. The number of hydrogen-bond acceptors (Lipinski definition) is 2. The van der Waals surface area contributed by atoms with E-state index in [-0.39, 0.29) is 11.9 Å². The van der Waals surface area contributed by atoms with Gasteiger partial charge in [-0.25, -0.2) is 0 Å². The molecule has 0 bridgehead atoms. The molecule has 0 saturated heterocycles. The summed E-state index contributed by atoms with van der Waals surface area (Å²) in [5.74, 6) is -0.0108. The summed E-state index contributed by atoms with van der Waals surface area (Å²) < 4.78 is 1.80. The van der Waals surface area contributed by atoms with Crippen molar-refractivity contribution in [3.8, 4) is 0 Å². The molecule has 2 N–H and O–H groups in total. The molecule has 1 aliphatic heterocycles. The van der Waals surface area contributed by atoms with E-state index in [4.69, 9.17) is 0 Å². The maximum absolute atomic E-state index is 12.4. The number of nitrogens with one attached hydrogen (secondary N) is 2. The molecule has 108 valence electrons. The number of hydrogen-bond donors (Lipinski definition) is 2. The lowest BCUT2D eigenvalue weighted by Crippen LogP contribution is -2.44. The van der Waals surface area contributed by atoms with Gasteiger partial charge in [0.2, 0.25) is 5.91 Å². The predicted octanol–water partition coefficient (Wildman–Crippen LogP) is 3.86. The summed E-state index contributed by atoms with van der Waals surface area (Å²) >= 11 is 6.87. The van der Waals surface area contributed by atoms with Gasteiger partial charge in [-0.15, -0.1) is 0 Å². The van der Waals surface area contributed by atoms with Gasteiger partial charge in [-0.1, -0.05) is 40.2 Å². The van der Waals surface area contributed by atoms with Crippen molar-refractivity contribution in [2.45, 2.75) is 19.0 Å². The quantitative estimate of drug-likeness (QED) is 0.790. The summed E-state index contributed by atoms with van der Waals surface area (Å²) in [6.45, 7) is 0.730. The molecule has 2 aromatic rings. The standard InChI is InChI=1S/C16H14Br2N2O/c17-12-5-6-13(18)14(8-12)20-16(21)15-7-10-3-1-2-4-11(10)9-19-15/h1-6,8,15,19H,7,9H2,(H,20,21). The second-order valence-electron chi connectivity index (χ2n) is 5.02. The van der Waals surface area contributed by atoms with Crippen molar-refractivity contribution in [3.05, 3.63) is 62.5 Å². The molecule has 3 rings (SSSR count). The lowest BCUT2D eigenvalue weighted by molar-refractivity contribution is -0.118. The van der Waals surface area contributed by atoms with Gasteiger partial charge in [-0.3, -0.25) is 4.79 Å². The van der Waals surface area contributed by atoms with E-state index < -0.39 is 0 Å². The molecule has 1 heterocycles. The molecular weight excluding hydrogens is 396 g/mol. The van der Waals surface area contributed by atoms with E-state index in [1.807, 2.05) is 30.3 Å². The number of rotatable bonds is 2. The van der Waals surface area contributed by atoms with Crippen LogP contribution < -0.4 is 10.6 Å². The van der Waals surface area contributed by atoms with Crippen molar-refractivity contribution in [1.29, 1.82) is 0 Å². The van der Waals surface area contributed by atoms with Gasteiger partial charge in [0.25, 0.3) is 0 Å². The molecule has 1 amide bonds. The highest BCUT2D eigenvalue weighted by atomic mass is 79.9. The monoisotopic (exact) mass is 408 g/mol. The molecular formula is C16H14Br2N2O. The van der Waals surface area contributed by atoms with Crippen LogP contribution in [0, 0.1) is 0 Å². The Morgan fingerprint density at radius 1 is 1.14 bits per heavy atom. The molecule has 0 saturated carbocycles. The van der Waals surface area contributed by atoms with E-state index in [1.54, 1.807) is 0 Å². The predicted molar refractivity (Wildman–Crippen MR) is 91.2 cm³/mol. The Balaban J connectivity index is 1.74. The van der Waals surface area contributed by atoms with Crippen molar-refractivity contribution >= 4 is 43.5 Å². The number of carbonyl (C=O) groups is 1. The maximum atomic E-state index is 12.4. The number of halogens is 2. The average molecular weight is 410 g/mol. The Labute approximate surface area is 140 Å². The third kappa shape index (κ3) is 3.36. The van der Waals surface area contributed by atoms with Crippen molar-refractivity contribution in [1.82, 2.24) is 5.32 Å². The van der Waals surface area contributed by atoms with Crippen molar-refractivity contribution in [3.63, 3.8) is 0 Å². The Morgan fingerprint density at radius 3 is 2.71 bits per heavy atom. The first kappa shape index (κ1) is 14.8. The van der Waals surface area contributed by atoms with E-state index >= 15 is 0 Å². The fourth-order valence-electron chi connectivity index (χ4n) is 2.45. The number of carbonyl (C=O) groups excluding carboxylic acids is 1. The summed E-state index contributed by atoms with van der Waals surface area (Å²) in [6, 6.07) is 13.7. The zero-order chi connectivity index (χ0) is 14.8. The normalized spacial score (nSPS) is 17.1. The van der Waals surface area contributed by atoms with Gasteiger partial charge in [0, 0.05) is 15.5 Å².